The lowest BCUT2D eigenvalue weighted by atomic mass is 9.82. The van der Waals surface area contributed by atoms with Gasteiger partial charge >= 0.3 is 0 Å². The lowest BCUT2D eigenvalue weighted by Crippen LogP contribution is -2.42. The number of likely N-dealkylation sites (tertiary alicyclic amines) is 1. The predicted molar refractivity (Wildman–Crippen MR) is 80.1 cm³/mol. The van der Waals surface area contributed by atoms with Crippen molar-refractivity contribution in [1.29, 1.82) is 0 Å². The zero-order valence-electron chi connectivity index (χ0n) is 12.7. The van der Waals surface area contributed by atoms with Crippen LogP contribution in [0, 0.1) is 5.92 Å². The van der Waals surface area contributed by atoms with Gasteiger partial charge in [-0.25, -0.2) is 12.7 Å². The Kier molecular flexibility index (Phi) is 5.10. The molecule has 0 aromatic carbocycles. The van der Waals surface area contributed by atoms with E-state index in [2.05, 4.69) is 11.9 Å². The van der Waals surface area contributed by atoms with Crippen LogP contribution >= 0.6 is 0 Å². The van der Waals surface area contributed by atoms with Crippen LogP contribution in [0.4, 0.5) is 0 Å². The molecule has 118 valence electrons. The predicted octanol–water partition coefficient (Wildman–Crippen LogP) is 0.895. The maximum atomic E-state index is 11.7. The average Bonchev–Trinajstić information content (AvgIpc) is 2.51. The molecule has 2 fully saturated rings. The van der Waals surface area contributed by atoms with E-state index in [1.54, 1.807) is 4.31 Å². The molecular formula is C14H28N2O3S. The highest BCUT2D eigenvalue weighted by Gasteiger charge is 2.35. The minimum absolute atomic E-state index is 0.298. The van der Waals surface area contributed by atoms with Crippen molar-refractivity contribution in [2.45, 2.75) is 44.1 Å². The lowest BCUT2D eigenvalue weighted by Gasteiger charge is -2.36. The van der Waals surface area contributed by atoms with Gasteiger partial charge in [-0.1, -0.05) is 0 Å². The summed E-state index contributed by atoms with van der Waals surface area (Å²) in [6.07, 6.45) is 6.64. The van der Waals surface area contributed by atoms with Crippen LogP contribution in [0.2, 0.25) is 0 Å². The topological polar surface area (TPSA) is 60.9 Å². The van der Waals surface area contributed by atoms with Gasteiger partial charge in [0.05, 0.1) is 11.9 Å². The summed E-state index contributed by atoms with van der Waals surface area (Å²) in [6, 6.07) is 0. The standard InChI is InChI=1S/C14H28N2O3S/c1-15-8-4-6-14(17,7-10-15)11-13-5-3-9-16(12-13)20(2,18)19/h13,17H,3-12H2,1-2H3. The van der Waals surface area contributed by atoms with E-state index in [9.17, 15) is 13.5 Å². The first-order chi connectivity index (χ1) is 9.28. The number of hydrogen-bond acceptors (Lipinski definition) is 4. The minimum Gasteiger partial charge on any atom is -0.390 e. The minimum atomic E-state index is -3.09. The average molecular weight is 304 g/mol. The third kappa shape index (κ3) is 4.41. The summed E-state index contributed by atoms with van der Waals surface area (Å²) in [4.78, 5) is 2.27. The molecule has 6 heteroatoms. The van der Waals surface area contributed by atoms with Crippen molar-refractivity contribution in [2.75, 3.05) is 39.5 Å². The molecule has 0 aromatic heterocycles. The number of nitrogens with zero attached hydrogens (tertiary/aromatic N) is 2. The van der Waals surface area contributed by atoms with Crippen molar-refractivity contribution in [2.24, 2.45) is 5.92 Å². The number of sulfonamides is 1. The van der Waals surface area contributed by atoms with E-state index < -0.39 is 15.6 Å². The second kappa shape index (κ2) is 6.30. The van der Waals surface area contributed by atoms with Gasteiger partial charge in [0, 0.05) is 19.6 Å². The van der Waals surface area contributed by atoms with E-state index in [-0.39, 0.29) is 0 Å². The Morgan fingerprint density at radius 2 is 1.95 bits per heavy atom. The Morgan fingerprint density at radius 3 is 2.65 bits per heavy atom. The normalized spacial score (nSPS) is 34.9. The number of piperidine rings is 1. The molecule has 0 spiro atoms. The second-order valence-corrected chi connectivity index (χ2v) is 8.70. The van der Waals surface area contributed by atoms with Gasteiger partial charge < -0.3 is 10.0 Å². The van der Waals surface area contributed by atoms with Crippen molar-refractivity contribution in [1.82, 2.24) is 9.21 Å². The largest absolute Gasteiger partial charge is 0.390 e. The summed E-state index contributed by atoms with van der Waals surface area (Å²) in [7, 11) is -0.997. The highest BCUT2D eigenvalue weighted by Crippen LogP contribution is 2.32. The Hall–Kier alpha value is -0.170. The summed E-state index contributed by atoms with van der Waals surface area (Å²) >= 11 is 0. The van der Waals surface area contributed by atoms with Crippen LogP contribution in [0.3, 0.4) is 0 Å². The number of rotatable bonds is 3. The van der Waals surface area contributed by atoms with Crippen molar-refractivity contribution in [3.63, 3.8) is 0 Å². The molecule has 20 heavy (non-hydrogen) atoms. The van der Waals surface area contributed by atoms with Gasteiger partial charge in [-0.3, -0.25) is 0 Å². The molecule has 2 aliphatic rings. The molecule has 0 bridgehead atoms. The molecule has 0 radical (unpaired) electrons. The molecule has 0 amide bonds. The molecule has 2 saturated heterocycles. The van der Waals surface area contributed by atoms with Gasteiger partial charge in [0.15, 0.2) is 0 Å². The monoisotopic (exact) mass is 304 g/mol. The quantitative estimate of drug-likeness (QED) is 0.841. The molecule has 2 rings (SSSR count). The van der Waals surface area contributed by atoms with Crippen molar-refractivity contribution in [3.05, 3.63) is 0 Å². The molecule has 1 N–H and O–H groups in total. The Bertz CT molecular complexity index is 426. The van der Waals surface area contributed by atoms with Gasteiger partial charge in [-0.2, -0.15) is 0 Å². The van der Waals surface area contributed by atoms with Crippen molar-refractivity contribution >= 4 is 10.0 Å². The van der Waals surface area contributed by atoms with Gasteiger partial charge in [-0.15, -0.1) is 0 Å². The lowest BCUT2D eigenvalue weighted by molar-refractivity contribution is -0.00451. The van der Waals surface area contributed by atoms with Crippen LogP contribution in [0.15, 0.2) is 0 Å². The Morgan fingerprint density at radius 1 is 1.20 bits per heavy atom. The second-order valence-electron chi connectivity index (χ2n) is 6.71. The number of hydrogen-bond donors (Lipinski definition) is 1. The molecule has 2 unspecified atom stereocenters. The smallest absolute Gasteiger partial charge is 0.211 e. The fourth-order valence-electron chi connectivity index (χ4n) is 3.55. The van der Waals surface area contributed by atoms with Crippen LogP contribution in [-0.4, -0.2) is 67.8 Å². The molecule has 2 aliphatic heterocycles. The van der Waals surface area contributed by atoms with Crippen LogP contribution in [0.1, 0.15) is 38.5 Å². The first-order valence-corrected chi connectivity index (χ1v) is 9.49. The fraction of sp³-hybridized carbons (Fsp3) is 1.00. The van der Waals surface area contributed by atoms with Gasteiger partial charge in [0.1, 0.15) is 0 Å². The van der Waals surface area contributed by atoms with E-state index in [1.165, 1.54) is 6.26 Å². The summed E-state index contributed by atoms with van der Waals surface area (Å²) in [6.45, 7) is 3.19. The zero-order chi connectivity index (χ0) is 14.8. The highest BCUT2D eigenvalue weighted by molar-refractivity contribution is 7.88. The third-order valence-corrected chi connectivity index (χ3v) is 6.03. The summed E-state index contributed by atoms with van der Waals surface area (Å²) in [5.41, 5.74) is -0.601. The SMILES string of the molecule is CN1CCCC(O)(CC2CCCN(S(C)(=O)=O)C2)CC1. The summed E-state index contributed by atoms with van der Waals surface area (Å²) < 4.78 is 24.9. The molecule has 0 aromatic rings. The van der Waals surface area contributed by atoms with E-state index in [0.717, 1.165) is 51.6 Å². The van der Waals surface area contributed by atoms with E-state index in [4.69, 9.17) is 0 Å². The molecule has 2 heterocycles. The third-order valence-electron chi connectivity index (χ3n) is 4.76. The molecular weight excluding hydrogens is 276 g/mol. The first kappa shape index (κ1) is 16.2. The van der Waals surface area contributed by atoms with E-state index in [1.807, 2.05) is 0 Å². The highest BCUT2D eigenvalue weighted by atomic mass is 32.2. The summed E-state index contributed by atoms with van der Waals surface area (Å²) in [5.74, 6) is 0.298. The number of aliphatic hydroxyl groups is 1. The van der Waals surface area contributed by atoms with Gasteiger partial charge in [0.2, 0.25) is 10.0 Å². The van der Waals surface area contributed by atoms with Gasteiger partial charge in [-0.05, 0) is 58.0 Å². The van der Waals surface area contributed by atoms with Crippen molar-refractivity contribution in [3.8, 4) is 0 Å². The van der Waals surface area contributed by atoms with Crippen LogP contribution in [0.5, 0.6) is 0 Å². The fourth-order valence-corrected chi connectivity index (χ4v) is 4.49. The first-order valence-electron chi connectivity index (χ1n) is 7.65. The van der Waals surface area contributed by atoms with Crippen molar-refractivity contribution < 1.29 is 13.5 Å². The molecule has 0 saturated carbocycles. The van der Waals surface area contributed by atoms with Crippen LogP contribution in [0.25, 0.3) is 0 Å². The van der Waals surface area contributed by atoms with Gasteiger partial charge in [0.25, 0.3) is 0 Å². The maximum Gasteiger partial charge on any atom is 0.211 e. The summed E-state index contributed by atoms with van der Waals surface area (Å²) in [5, 5.41) is 10.8. The van der Waals surface area contributed by atoms with Crippen LogP contribution < -0.4 is 0 Å². The van der Waals surface area contributed by atoms with Crippen LogP contribution in [-0.2, 0) is 10.0 Å². The molecule has 0 aliphatic carbocycles. The Labute approximate surface area is 123 Å². The van der Waals surface area contributed by atoms with E-state index >= 15 is 0 Å². The maximum absolute atomic E-state index is 11.7. The molecule has 2 atom stereocenters. The zero-order valence-corrected chi connectivity index (χ0v) is 13.5. The van der Waals surface area contributed by atoms with E-state index in [0.29, 0.717) is 19.0 Å². The molecule has 5 nitrogen and oxygen atoms in total. The Balaban J connectivity index is 1.94.